The van der Waals surface area contributed by atoms with Crippen LogP contribution >= 0.6 is 47.0 Å². The Morgan fingerprint density at radius 1 is 0.475 bits per heavy atom. The average Bonchev–Trinajstić information content (AvgIpc) is 2.94. The normalized spacial score (nSPS) is 20.3. The van der Waals surface area contributed by atoms with Crippen LogP contribution < -0.4 is 0 Å². The zero-order valence-electron chi connectivity index (χ0n) is 23.5. The van der Waals surface area contributed by atoms with Crippen molar-refractivity contribution in [1.29, 1.82) is 0 Å². The Morgan fingerprint density at radius 2 is 0.850 bits per heavy atom. The van der Waals surface area contributed by atoms with Crippen LogP contribution in [0.25, 0.3) is 0 Å². The summed E-state index contributed by atoms with van der Waals surface area (Å²) in [5.41, 5.74) is 4.96. The molecule has 1 aliphatic carbocycles. The molecule has 0 atom stereocenters. The lowest BCUT2D eigenvalue weighted by Crippen LogP contribution is -2.41. The van der Waals surface area contributed by atoms with E-state index in [1.807, 2.05) is 0 Å². The highest BCUT2D eigenvalue weighted by atomic mass is 32.2. The van der Waals surface area contributed by atoms with Gasteiger partial charge in [-0.05, 0) is 46.3 Å². The van der Waals surface area contributed by atoms with Crippen molar-refractivity contribution in [3.63, 3.8) is 0 Å². The first-order valence-corrected chi connectivity index (χ1v) is 18.0. The van der Waals surface area contributed by atoms with E-state index in [-0.39, 0.29) is 23.7 Å². The van der Waals surface area contributed by atoms with Crippen molar-refractivity contribution in [1.82, 2.24) is 19.9 Å². The molecule has 1 aliphatic rings. The Bertz CT molecular complexity index is 1220. The fraction of sp³-hybridized carbons (Fsp3) is 0.375. The van der Waals surface area contributed by atoms with Gasteiger partial charge in [0.15, 0.2) is 10.3 Å². The number of benzene rings is 2. The van der Waals surface area contributed by atoms with Crippen molar-refractivity contribution in [2.75, 3.05) is 23.0 Å². The fourth-order valence-corrected chi connectivity index (χ4v) is 8.28. The summed E-state index contributed by atoms with van der Waals surface area (Å²) < 4.78 is 0. The maximum absolute atomic E-state index is 5.20. The van der Waals surface area contributed by atoms with E-state index in [1.165, 1.54) is 11.1 Å². The summed E-state index contributed by atoms with van der Waals surface area (Å²) >= 11 is 7.05. The molecular formula is C32H36N4S4. The molecule has 0 bridgehead atoms. The molecule has 208 valence electrons. The largest absolute Gasteiger partial charge is 0.227 e. The summed E-state index contributed by atoms with van der Waals surface area (Å²) in [6.45, 7) is 8.70. The van der Waals surface area contributed by atoms with Gasteiger partial charge >= 0.3 is 0 Å². The molecule has 40 heavy (non-hydrogen) atoms. The Hall–Kier alpha value is -2.00. The third-order valence-electron chi connectivity index (χ3n) is 7.13. The van der Waals surface area contributed by atoms with E-state index in [4.69, 9.17) is 19.9 Å². The molecule has 1 fully saturated rings. The Labute approximate surface area is 255 Å². The Morgan fingerprint density at radius 3 is 1.20 bits per heavy atom. The Balaban J connectivity index is 1.70. The van der Waals surface area contributed by atoms with Crippen LogP contribution in [0, 0.1) is 0 Å². The first-order valence-electron chi connectivity index (χ1n) is 14.1. The molecule has 2 aromatic heterocycles. The summed E-state index contributed by atoms with van der Waals surface area (Å²) in [6, 6.07) is 26.5. The molecule has 5 rings (SSSR count). The molecule has 8 heteroatoms. The van der Waals surface area contributed by atoms with E-state index in [0.717, 1.165) is 54.8 Å². The lowest BCUT2D eigenvalue weighted by molar-refractivity contribution is 0.217. The van der Waals surface area contributed by atoms with Crippen LogP contribution in [0.5, 0.6) is 0 Å². The van der Waals surface area contributed by atoms with Crippen LogP contribution in [-0.4, -0.2) is 42.9 Å². The van der Waals surface area contributed by atoms with Gasteiger partial charge in [0.05, 0.1) is 11.4 Å². The zero-order valence-corrected chi connectivity index (χ0v) is 26.8. The smallest absolute Gasteiger partial charge is 0.188 e. The highest BCUT2D eigenvalue weighted by Crippen LogP contribution is 2.66. The number of rotatable bonds is 12. The van der Waals surface area contributed by atoms with Crippen molar-refractivity contribution < 1.29 is 0 Å². The maximum Gasteiger partial charge on any atom is 0.188 e. The predicted octanol–water partition coefficient (Wildman–Crippen LogP) is 9.16. The molecule has 0 aliphatic heterocycles. The highest BCUT2D eigenvalue weighted by Gasteiger charge is 2.54. The lowest BCUT2D eigenvalue weighted by atomic mass is 9.50. The summed E-state index contributed by atoms with van der Waals surface area (Å²) in [4.78, 5) is 20.2. The second-order valence-electron chi connectivity index (χ2n) is 9.48. The zero-order chi connectivity index (χ0) is 27.9. The number of nitrogens with zero attached hydrogens (tertiary/aromatic N) is 4. The highest BCUT2D eigenvalue weighted by molar-refractivity contribution is 8.00. The standard InChI is InChI=1S/C32H36N4S4/c1-5-37-25-19-23(33-31(35-25)39-7-3)29-27(21-15-11-9-12-16-21)30(28(29)22-17-13-10-14-18-22)24-20-26(38-6-2)36-32(34-24)40-8-4/h9-20,27-30H,5-8H2,1-4H3/t27-,28-,29-,30-. The first-order chi connectivity index (χ1) is 19.7. The second-order valence-corrected chi connectivity index (χ2v) is 14.5. The van der Waals surface area contributed by atoms with Gasteiger partial charge in [-0.15, -0.1) is 23.5 Å². The van der Waals surface area contributed by atoms with Crippen LogP contribution in [0.4, 0.5) is 0 Å². The minimum Gasteiger partial charge on any atom is -0.227 e. The number of thioether (sulfide) groups is 4. The van der Waals surface area contributed by atoms with Crippen LogP contribution in [0.2, 0.25) is 0 Å². The number of aromatic nitrogens is 4. The summed E-state index contributed by atoms with van der Waals surface area (Å²) in [6.07, 6.45) is 0. The fourth-order valence-electron chi connectivity index (χ4n) is 5.68. The van der Waals surface area contributed by atoms with Gasteiger partial charge in [-0.3, -0.25) is 0 Å². The SMILES string of the molecule is CCSc1cc([C@H]2[C@H](c3ccccc3)[C@H](c3cc(SCC)nc(SCC)n3)[C@H]2c2ccccc2)nc(SCC)n1. The third kappa shape index (κ3) is 6.56. The molecule has 4 nitrogen and oxygen atoms in total. The van der Waals surface area contributed by atoms with Crippen molar-refractivity contribution in [2.24, 2.45) is 0 Å². The van der Waals surface area contributed by atoms with E-state index in [2.05, 4.69) is 100 Å². The van der Waals surface area contributed by atoms with Crippen LogP contribution in [0.15, 0.2) is 93.2 Å². The molecule has 2 aromatic carbocycles. The van der Waals surface area contributed by atoms with E-state index in [9.17, 15) is 0 Å². The second kappa shape index (κ2) is 14.3. The number of hydrogen-bond acceptors (Lipinski definition) is 8. The molecule has 1 saturated carbocycles. The van der Waals surface area contributed by atoms with E-state index in [1.54, 1.807) is 47.0 Å². The van der Waals surface area contributed by atoms with Crippen LogP contribution in [0.1, 0.15) is 73.9 Å². The topological polar surface area (TPSA) is 51.6 Å². The molecule has 0 spiro atoms. The molecule has 0 saturated heterocycles. The van der Waals surface area contributed by atoms with E-state index >= 15 is 0 Å². The van der Waals surface area contributed by atoms with Crippen molar-refractivity contribution in [3.05, 3.63) is 95.3 Å². The summed E-state index contributed by atoms with van der Waals surface area (Å²) in [5, 5.41) is 3.89. The Kier molecular flexibility index (Phi) is 10.5. The lowest BCUT2D eigenvalue weighted by Gasteiger charge is -2.52. The van der Waals surface area contributed by atoms with Gasteiger partial charge in [-0.2, -0.15) is 0 Å². The molecule has 0 N–H and O–H groups in total. The van der Waals surface area contributed by atoms with Gasteiger partial charge in [0.1, 0.15) is 10.1 Å². The summed E-state index contributed by atoms with van der Waals surface area (Å²) in [7, 11) is 0. The molecule has 0 amide bonds. The average molecular weight is 605 g/mol. The van der Waals surface area contributed by atoms with Gasteiger partial charge in [0.25, 0.3) is 0 Å². The molecule has 2 heterocycles. The quantitative estimate of drug-likeness (QED) is 0.0901. The van der Waals surface area contributed by atoms with E-state index in [0.29, 0.717) is 0 Å². The molecule has 0 unspecified atom stereocenters. The van der Waals surface area contributed by atoms with Crippen LogP contribution in [0.3, 0.4) is 0 Å². The third-order valence-corrected chi connectivity index (χ3v) is 10.2. The predicted molar refractivity (Wildman–Crippen MR) is 174 cm³/mol. The van der Waals surface area contributed by atoms with Crippen molar-refractivity contribution >= 4 is 47.0 Å². The van der Waals surface area contributed by atoms with E-state index < -0.39 is 0 Å². The number of hydrogen-bond donors (Lipinski definition) is 0. The molecule has 0 radical (unpaired) electrons. The van der Waals surface area contributed by atoms with Gasteiger partial charge < -0.3 is 0 Å². The van der Waals surface area contributed by atoms with Crippen molar-refractivity contribution in [3.8, 4) is 0 Å². The van der Waals surface area contributed by atoms with Gasteiger partial charge in [-0.1, -0.05) is 112 Å². The minimum absolute atomic E-state index is 0.213. The monoisotopic (exact) mass is 604 g/mol. The van der Waals surface area contributed by atoms with Crippen LogP contribution in [-0.2, 0) is 0 Å². The minimum atomic E-state index is 0.213. The first kappa shape index (κ1) is 29.5. The molecule has 4 aromatic rings. The molecular weight excluding hydrogens is 569 g/mol. The van der Waals surface area contributed by atoms with Gasteiger partial charge in [0.2, 0.25) is 0 Å². The summed E-state index contributed by atoms with van der Waals surface area (Å²) in [5.74, 6) is 4.79. The maximum atomic E-state index is 5.20. The van der Waals surface area contributed by atoms with Gasteiger partial charge in [-0.25, -0.2) is 19.9 Å². The van der Waals surface area contributed by atoms with Crippen molar-refractivity contribution in [2.45, 2.75) is 71.7 Å². The van der Waals surface area contributed by atoms with Gasteiger partial charge in [0, 0.05) is 23.7 Å².